The molecule has 1 aromatic heterocycles. The summed E-state index contributed by atoms with van der Waals surface area (Å²) in [7, 11) is 0. The lowest BCUT2D eigenvalue weighted by Crippen LogP contribution is -3.12. The number of anilines is 1. The highest BCUT2D eigenvalue weighted by molar-refractivity contribution is 5.94. The van der Waals surface area contributed by atoms with Crippen LogP contribution in [0.1, 0.15) is 40.4 Å². The number of hydrogen-bond acceptors (Lipinski definition) is 4. The molecule has 7 nitrogen and oxygen atoms in total. The van der Waals surface area contributed by atoms with Crippen molar-refractivity contribution in [1.82, 2.24) is 10.1 Å². The first-order valence-electron chi connectivity index (χ1n) is 8.53. The molecule has 0 radical (unpaired) electrons. The third-order valence-corrected chi connectivity index (χ3v) is 3.89. The molecule has 0 saturated heterocycles. The predicted molar refractivity (Wildman–Crippen MR) is 92.8 cm³/mol. The molecule has 0 atom stereocenters. The Morgan fingerprint density at radius 2 is 1.92 bits per heavy atom. The third-order valence-electron chi connectivity index (χ3n) is 3.89. The van der Waals surface area contributed by atoms with E-state index in [4.69, 9.17) is 4.52 Å². The first-order valence-corrected chi connectivity index (χ1v) is 8.53. The molecular weight excluding hydrogens is 308 g/mol. The van der Waals surface area contributed by atoms with Crippen molar-refractivity contribution < 1.29 is 19.0 Å². The van der Waals surface area contributed by atoms with E-state index >= 15 is 0 Å². The zero-order valence-electron chi connectivity index (χ0n) is 15.7. The Morgan fingerprint density at radius 1 is 1.29 bits per heavy atom. The van der Waals surface area contributed by atoms with Gasteiger partial charge in [-0.15, -0.1) is 0 Å². The molecule has 136 valence electrons. The second-order valence-corrected chi connectivity index (χ2v) is 7.05. The number of aryl methyl sites for hydroxylation is 1. The van der Waals surface area contributed by atoms with Gasteiger partial charge in [-0.25, -0.2) is 0 Å². The van der Waals surface area contributed by atoms with E-state index in [-0.39, 0.29) is 18.4 Å². The van der Waals surface area contributed by atoms with Crippen LogP contribution in [0.5, 0.6) is 0 Å². The van der Waals surface area contributed by atoms with Gasteiger partial charge in [-0.3, -0.25) is 9.59 Å². The van der Waals surface area contributed by atoms with Crippen molar-refractivity contribution in [3.05, 3.63) is 11.8 Å². The van der Waals surface area contributed by atoms with Crippen LogP contribution in [-0.4, -0.2) is 54.6 Å². The Bertz CT molecular complexity index is 544. The molecule has 2 N–H and O–H groups in total. The summed E-state index contributed by atoms with van der Waals surface area (Å²) in [6.07, 6.45) is 0. The van der Waals surface area contributed by atoms with Crippen LogP contribution in [0, 0.1) is 12.3 Å². The number of nitrogens with one attached hydrogen (secondary N) is 2. The van der Waals surface area contributed by atoms with Gasteiger partial charge in [-0.05, 0) is 20.8 Å². The van der Waals surface area contributed by atoms with Crippen molar-refractivity contribution in [3.8, 4) is 0 Å². The molecule has 0 fully saturated rings. The number of hydrogen-bond donors (Lipinski definition) is 2. The lowest BCUT2D eigenvalue weighted by molar-refractivity contribution is -0.895. The number of carbonyl (C=O) groups is 2. The van der Waals surface area contributed by atoms with Gasteiger partial charge in [0.2, 0.25) is 11.8 Å². The van der Waals surface area contributed by atoms with Gasteiger partial charge in [0.05, 0.1) is 26.2 Å². The van der Waals surface area contributed by atoms with Gasteiger partial charge < -0.3 is 19.6 Å². The van der Waals surface area contributed by atoms with Crippen LogP contribution < -0.4 is 10.2 Å². The fourth-order valence-corrected chi connectivity index (χ4v) is 2.40. The summed E-state index contributed by atoms with van der Waals surface area (Å²) < 4.78 is 4.93. The van der Waals surface area contributed by atoms with E-state index in [1.807, 2.05) is 20.8 Å². The van der Waals surface area contributed by atoms with Crippen molar-refractivity contribution in [2.24, 2.45) is 5.41 Å². The molecule has 24 heavy (non-hydrogen) atoms. The van der Waals surface area contributed by atoms with Crippen LogP contribution in [-0.2, 0) is 9.59 Å². The third kappa shape index (κ3) is 6.31. The highest BCUT2D eigenvalue weighted by Crippen LogP contribution is 2.17. The maximum atomic E-state index is 12.6. The molecular formula is C17H31N4O3+. The van der Waals surface area contributed by atoms with Crippen molar-refractivity contribution in [2.75, 3.05) is 38.0 Å². The average Bonchev–Trinajstić information content (AvgIpc) is 2.90. The second kappa shape index (κ2) is 8.82. The molecule has 1 rings (SSSR count). The molecule has 0 bridgehead atoms. The van der Waals surface area contributed by atoms with Gasteiger partial charge in [0.25, 0.3) is 0 Å². The summed E-state index contributed by atoms with van der Waals surface area (Å²) in [6.45, 7) is 15.0. The fraction of sp³-hybridized carbons (Fsp3) is 0.706. The first kappa shape index (κ1) is 20.2. The minimum Gasteiger partial charge on any atom is -0.360 e. The quantitative estimate of drug-likeness (QED) is 0.731. The van der Waals surface area contributed by atoms with E-state index in [2.05, 4.69) is 24.3 Å². The number of amides is 2. The Morgan fingerprint density at radius 3 is 2.38 bits per heavy atom. The van der Waals surface area contributed by atoms with Crippen LogP contribution in [0.3, 0.4) is 0 Å². The first-order chi connectivity index (χ1) is 11.2. The predicted octanol–water partition coefficient (Wildman–Crippen LogP) is 0.721. The molecule has 0 aliphatic heterocycles. The van der Waals surface area contributed by atoms with Gasteiger partial charge in [0.1, 0.15) is 12.3 Å². The summed E-state index contributed by atoms with van der Waals surface area (Å²) in [5, 5.41) is 6.41. The standard InChI is InChI=1S/C17H30N4O3/c1-7-20(8-2)9-10-21(16(23)17(4,5)6)12-15(22)18-14-11-13(3)24-19-14/h11H,7-10,12H2,1-6H3,(H,18,19,22)/p+1. The molecule has 1 aromatic rings. The van der Waals surface area contributed by atoms with Crippen LogP contribution in [0.15, 0.2) is 10.6 Å². The van der Waals surface area contributed by atoms with E-state index in [1.54, 1.807) is 17.9 Å². The smallest absolute Gasteiger partial charge is 0.245 e. The maximum Gasteiger partial charge on any atom is 0.245 e. The summed E-state index contributed by atoms with van der Waals surface area (Å²) in [4.78, 5) is 27.9. The Balaban J connectivity index is 2.72. The number of quaternary nitrogens is 1. The second-order valence-electron chi connectivity index (χ2n) is 7.05. The lowest BCUT2D eigenvalue weighted by atomic mass is 9.94. The number of carbonyl (C=O) groups excluding carboxylic acids is 2. The summed E-state index contributed by atoms with van der Waals surface area (Å²) in [6, 6.07) is 1.65. The fourth-order valence-electron chi connectivity index (χ4n) is 2.40. The average molecular weight is 339 g/mol. The summed E-state index contributed by atoms with van der Waals surface area (Å²) in [5.41, 5.74) is -0.524. The number of likely N-dealkylation sites (N-methyl/N-ethyl adjacent to an activating group) is 1. The highest BCUT2D eigenvalue weighted by Gasteiger charge is 2.29. The molecule has 0 saturated carbocycles. The van der Waals surface area contributed by atoms with Crippen LogP contribution in [0.4, 0.5) is 5.82 Å². The molecule has 0 unspecified atom stereocenters. The van der Waals surface area contributed by atoms with Gasteiger partial charge in [0.15, 0.2) is 5.82 Å². The van der Waals surface area contributed by atoms with Crippen molar-refractivity contribution >= 4 is 17.6 Å². The topological polar surface area (TPSA) is 79.9 Å². The Kier molecular flexibility index (Phi) is 7.41. The minimum absolute atomic E-state index is 0.0166. The monoisotopic (exact) mass is 339 g/mol. The minimum atomic E-state index is -0.524. The zero-order valence-corrected chi connectivity index (χ0v) is 15.7. The summed E-state index contributed by atoms with van der Waals surface area (Å²) >= 11 is 0. The van der Waals surface area contributed by atoms with Crippen molar-refractivity contribution in [2.45, 2.75) is 41.5 Å². The molecule has 0 aromatic carbocycles. The van der Waals surface area contributed by atoms with E-state index in [0.29, 0.717) is 18.1 Å². The van der Waals surface area contributed by atoms with Crippen molar-refractivity contribution in [1.29, 1.82) is 0 Å². The summed E-state index contributed by atoms with van der Waals surface area (Å²) in [5.74, 6) is 0.698. The Hall–Kier alpha value is -1.89. The Labute approximate surface area is 144 Å². The number of rotatable bonds is 8. The molecule has 0 aliphatic rings. The SMILES string of the molecule is CC[NH+](CC)CCN(CC(=O)Nc1cc(C)on1)C(=O)C(C)(C)C. The zero-order chi connectivity index (χ0) is 18.3. The lowest BCUT2D eigenvalue weighted by Gasteiger charge is -2.30. The van der Waals surface area contributed by atoms with Gasteiger partial charge in [-0.1, -0.05) is 25.9 Å². The molecule has 0 spiro atoms. The van der Waals surface area contributed by atoms with Gasteiger partial charge in [-0.2, -0.15) is 0 Å². The van der Waals surface area contributed by atoms with E-state index < -0.39 is 5.41 Å². The molecule has 7 heteroatoms. The van der Waals surface area contributed by atoms with Crippen LogP contribution in [0.2, 0.25) is 0 Å². The van der Waals surface area contributed by atoms with Gasteiger partial charge >= 0.3 is 0 Å². The van der Waals surface area contributed by atoms with E-state index in [1.165, 1.54) is 4.90 Å². The molecule has 0 aliphatic carbocycles. The number of nitrogens with zero attached hydrogens (tertiary/aromatic N) is 2. The van der Waals surface area contributed by atoms with E-state index in [9.17, 15) is 9.59 Å². The molecule has 2 amide bonds. The maximum absolute atomic E-state index is 12.6. The number of aromatic nitrogens is 1. The van der Waals surface area contributed by atoms with E-state index in [0.717, 1.165) is 19.6 Å². The van der Waals surface area contributed by atoms with Gasteiger partial charge in [0, 0.05) is 11.5 Å². The van der Waals surface area contributed by atoms with Crippen molar-refractivity contribution in [3.63, 3.8) is 0 Å². The largest absolute Gasteiger partial charge is 0.360 e. The highest BCUT2D eigenvalue weighted by atomic mass is 16.5. The van der Waals surface area contributed by atoms with Crippen LogP contribution >= 0.6 is 0 Å². The normalized spacial score (nSPS) is 11.6. The molecule has 1 heterocycles. The van der Waals surface area contributed by atoms with Crippen LogP contribution in [0.25, 0.3) is 0 Å².